The Morgan fingerprint density at radius 3 is 2.36 bits per heavy atom. The van der Waals surface area contributed by atoms with Crippen molar-refractivity contribution in [1.29, 1.82) is 0 Å². The van der Waals surface area contributed by atoms with Gasteiger partial charge < -0.3 is 9.30 Å². The molecule has 0 saturated carbocycles. The van der Waals surface area contributed by atoms with E-state index in [1.165, 1.54) is 39.9 Å². The molecule has 0 atom stereocenters. The highest BCUT2D eigenvalue weighted by molar-refractivity contribution is 7.89. The van der Waals surface area contributed by atoms with Crippen LogP contribution in [0.1, 0.15) is 37.0 Å². The second-order valence-corrected chi connectivity index (χ2v) is 11.4. The smallest absolute Gasteiger partial charge is 0.279 e. The van der Waals surface area contributed by atoms with Gasteiger partial charge >= 0.3 is 0 Å². The minimum atomic E-state index is -3.61. The molecular weight excluding hydrogens is 494 g/mol. The molecule has 1 aromatic heterocycles. The fourth-order valence-corrected chi connectivity index (χ4v) is 7.02. The molecule has 0 aliphatic rings. The summed E-state index contributed by atoms with van der Waals surface area (Å²) in [5, 5.41) is 2.23. The van der Waals surface area contributed by atoms with Gasteiger partial charge in [0.05, 0.1) is 21.7 Å². The standard InChI is InChI=1S/C27H31N3O4S2/c1-4-16-29(17-5-2)36(32,33)22-13-10-21(11-14-22)26(31)28-27-30(18-19-34-3)24-15-12-20-8-6-7-9-23(20)25(24)35-27/h6-15H,4-5,16-19H2,1-3H3. The van der Waals surface area contributed by atoms with Crippen molar-refractivity contribution >= 4 is 48.3 Å². The van der Waals surface area contributed by atoms with E-state index in [1.807, 2.05) is 36.6 Å². The van der Waals surface area contributed by atoms with Crippen molar-refractivity contribution < 1.29 is 17.9 Å². The Labute approximate surface area is 215 Å². The molecule has 0 aliphatic carbocycles. The van der Waals surface area contributed by atoms with Crippen molar-refractivity contribution in [3.63, 3.8) is 0 Å². The maximum atomic E-state index is 13.1. The Balaban J connectivity index is 1.72. The number of carbonyl (C=O) groups is 1. The van der Waals surface area contributed by atoms with Crippen LogP contribution in [-0.4, -0.2) is 50.0 Å². The number of rotatable bonds is 10. The largest absolute Gasteiger partial charge is 0.383 e. The number of hydrogen-bond acceptors (Lipinski definition) is 5. The molecule has 4 aromatic rings. The third-order valence-electron chi connectivity index (χ3n) is 5.98. The number of fused-ring (bicyclic) bond motifs is 3. The van der Waals surface area contributed by atoms with E-state index in [2.05, 4.69) is 23.2 Å². The lowest BCUT2D eigenvalue weighted by Crippen LogP contribution is -2.32. The van der Waals surface area contributed by atoms with E-state index in [1.54, 1.807) is 7.11 Å². The minimum absolute atomic E-state index is 0.185. The van der Waals surface area contributed by atoms with E-state index in [0.717, 1.165) is 33.8 Å². The van der Waals surface area contributed by atoms with E-state index in [4.69, 9.17) is 4.74 Å². The molecule has 0 radical (unpaired) electrons. The first-order chi connectivity index (χ1) is 17.4. The van der Waals surface area contributed by atoms with Crippen LogP contribution < -0.4 is 4.80 Å². The monoisotopic (exact) mass is 525 g/mol. The van der Waals surface area contributed by atoms with Crippen molar-refractivity contribution in [2.24, 2.45) is 4.99 Å². The van der Waals surface area contributed by atoms with E-state index in [-0.39, 0.29) is 4.90 Å². The predicted molar refractivity (Wildman–Crippen MR) is 145 cm³/mol. The summed E-state index contributed by atoms with van der Waals surface area (Å²) in [5.41, 5.74) is 1.34. The Morgan fingerprint density at radius 1 is 1.00 bits per heavy atom. The van der Waals surface area contributed by atoms with Crippen LogP contribution in [0.4, 0.5) is 0 Å². The van der Waals surface area contributed by atoms with Crippen LogP contribution in [0, 0.1) is 0 Å². The fourth-order valence-electron chi connectivity index (χ4n) is 4.20. The molecule has 1 heterocycles. The second-order valence-electron chi connectivity index (χ2n) is 8.51. The lowest BCUT2D eigenvalue weighted by molar-refractivity contribution is 0.0997. The first-order valence-electron chi connectivity index (χ1n) is 12.1. The van der Waals surface area contributed by atoms with E-state index < -0.39 is 15.9 Å². The number of carbonyl (C=O) groups excluding carboxylic acids is 1. The maximum Gasteiger partial charge on any atom is 0.279 e. The number of benzene rings is 3. The van der Waals surface area contributed by atoms with E-state index in [9.17, 15) is 13.2 Å². The Hall–Kier alpha value is -2.85. The number of methoxy groups -OCH3 is 1. The molecule has 9 heteroatoms. The third-order valence-corrected chi connectivity index (χ3v) is 9.02. The molecule has 0 unspecified atom stereocenters. The molecule has 7 nitrogen and oxygen atoms in total. The van der Waals surface area contributed by atoms with Crippen LogP contribution >= 0.6 is 11.3 Å². The number of ether oxygens (including phenoxy) is 1. The van der Waals surface area contributed by atoms with Gasteiger partial charge in [0, 0.05) is 37.7 Å². The highest BCUT2D eigenvalue weighted by atomic mass is 32.2. The number of thiazole rings is 1. The van der Waals surface area contributed by atoms with Crippen molar-refractivity contribution in [2.75, 3.05) is 26.8 Å². The predicted octanol–water partition coefficient (Wildman–Crippen LogP) is 5.05. The maximum absolute atomic E-state index is 13.1. The molecule has 4 rings (SSSR count). The Morgan fingerprint density at radius 2 is 1.69 bits per heavy atom. The zero-order chi connectivity index (χ0) is 25.7. The summed E-state index contributed by atoms with van der Waals surface area (Å²) >= 11 is 1.47. The van der Waals surface area contributed by atoms with Crippen LogP contribution in [0.15, 0.2) is 70.6 Å². The summed E-state index contributed by atoms with van der Waals surface area (Å²) in [4.78, 5) is 18.3. The van der Waals surface area contributed by atoms with Crippen LogP contribution in [0.2, 0.25) is 0 Å². The number of hydrogen-bond donors (Lipinski definition) is 0. The normalized spacial score (nSPS) is 12.7. The van der Waals surface area contributed by atoms with Gasteiger partial charge in [-0.05, 0) is 48.6 Å². The average molecular weight is 526 g/mol. The molecule has 3 aromatic carbocycles. The van der Waals surface area contributed by atoms with Gasteiger partial charge in [-0.2, -0.15) is 9.30 Å². The van der Waals surface area contributed by atoms with Gasteiger partial charge in [0.1, 0.15) is 0 Å². The van der Waals surface area contributed by atoms with Gasteiger partial charge in [-0.15, -0.1) is 0 Å². The SMILES string of the molecule is CCCN(CCC)S(=O)(=O)c1ccc(C(=O)N=c2sc3c4ccccc4ccc3n2CCOC)cc1. The summed E-state index contributed by atoms with van der Waals surface area (Å²) in [5.74, 6) is -0.417. The van der Waals surface area contributed by atoms with Gasteiger partial charge in [-0.3, -0.25) is 4.79 Å². The zero-order valence-electron chi connectivity index (χ0n) is 20.8. The highest BCUT2D eigenvalue weighted by Crippen LogP contribution is 2.27. The van der Waals surface area contributed by atoms with Crippen LogP contribution in [0.25, 0.3) is 21.0 Å². The molecule has 0 spiro atoms. The molecular formula is C27H31N3O4S2. The van der Waals surface area contributed by atoms with Crippen molar-refractivity contribution in [3.05, 3.63) is 71.0 Å². The highest BCUT2D eigenvalue weighted by Gasteiger charge is 2.23. The van der Waals surface area contributed by atoms with Gasteiger partial charge in [-0.1, -0.05) is 55.5 Å². The molecule has 1 amide bonds. The van der Waals surface area contributed by atoms with E-state index in [0.29, 0.717) is 36.6 Å². The topological polar surface area (TPSA) is 81.0 Å². The van der Waals surface area contributed by atoms with E-state index >= 15 is 0 Å². The molecule has 190 valence electrons. The number of sulfonamides is 1. The summed E-state index contributed by atoms with van der Waals surface area (Å²) in [6.45, 7) is 5.89. The van der Waals surface area contributed by atoms with Crippen molar-refractivity contribution in [2.45, 2.75) is 38.1 Å². The Bertz CT molecular complexity index is 1530. The van der Waals surface area contributed by atoms with Gasteiger partial charge in [-0.25, -0.2) is 8.42 Å². The Kier molecular flexibility index (Phi) is 8.35. The summed E-state index contributed by atoms with van der Waals surface area (Å²) in [7, 11) is -1.96. The average Bonchev–Trinajstić information content (AvgIpc) is 3.24. The minimum Gasteiger partial charge on any atom is -0.383 e. The van der Waals surface area contributed by atoms with Crippen LogP contribution in [-0.2, 0) is 21.3 Å². The molecule has 0 fully saturated rings. The number of amides is 1. The first kappa shape index (κ1) is 26.2. The molecule has 0 aliphatic heterocycles. The lowest BCUT2D eigenvalue weighted by Gasteiger charge is -2.21. The lowest BCUT2D eigenvalue weighted by atomic mass is 10.1. The molecule has 36 heavy (non-hydrogen) atoms. The first-order valence-corrected chi connectivity index (χ1v) is 14.4. The second kappa shape index (κ2) is 11.5. The molecule has 0 N–H and O–H groups in total. The third kappa shape index (κ3) is 5.29. The summed E-state index contributed by atoms with van der Waals surface area (Å²) in [6.07, 6.45) is 1.48. The quantitative estimate of drug-likeness (QED) is 0.290. The molecule has 0 bridgehead atoms. The number of nitrogens with zero attached hydrogens (tertiary/aromatic N) is 3. The van der Waals surface area contributed by atoms with Crippen molar-refractivity contribution in [1.82, 2.24) is 8.87 Å². The number of aromatic nitrogens is 1. The zero-order valence-corrected chi connectivity index (χ0v) is 22.4. The summed E-state index contributed by atoms with van der Waals surface area (Å²) in [6, 6.07) is 18.3. The van der Waals surface area contributed by atoms with Gasteiger partial charge in [0.15, 0.2) is 4.80 Å². The van der Waals surface area contributed by atoms with Gasteiger partial charge in [0.25, 0.3) is 5.91 Å². The fraction of sp³-hybridized carbons (Fsp3) is 0.333. The van der Waals surface area contributed by atoms with Crippen LogP contribution in [0.5, 0.6) is 0 Å². The van der Waals surface area contributed by atoms with Gasteiger partial charge in [0.2, 0.25) is 10.0 Å². The van der Waals surface area contributed by atoms with Crippen LogP contribution in [0.3, 0.4) is 0 Å². The summed E-state index contributed by atoms with van der Waals surface area (Å²) < 4.78 is 35.9. The molecule has 0 saturated heterocycles. The van der Waals surface area contributed by atoms with Crippen molar-refractivity contribution in [3.8, 4) is 0 Å².